The normalized spacial score (nSPS) is 20.1. The van der Waals surface area contributed by atoms with E-state index in [9.17, 15) is 18.8 Å². The van der Waals surface area contributed by atoms with Crippen molar-refractivity contribution in [1.82, 2.24) is 14.7 Å². The number of piperidine rings is 1. The van der Waals surface area contributed by atoms with Crippen LogP contribution >= 0.6 is 0 Å². The molecule has 9 heteroatoms. The second-order valence-corrected chi connectivity index (χ2v) is 9.42. The number of carbonyl (C=O) groups is 3. The van der Waals surface area contributed by atoms with Gasteiger partial charge in [0.2, 0.25) is 11.8 Å². The van der Waals surface area contributed by atoms with E-state index in [2.05, 4.69) is 5.32 Å². The van der Waals surface area contributed by atoms with Gasteiger partial charge in [0, 0.05) is 45.0 Å². The summed E-state index contributed by atoms with van der Waals surface area (Å²) in [5, 5.41) is 2.76. The van der Waals surface area contributed by atoms with Crippen LogP contribution in [0.15, 0.2) is 24.3 Å². The smallest absolute Gasteiger partial charge is 0.410 e. The predicted molar refractivity (Wildman–Crippen MR) is 119 cm³/mol. The molecule has 32 heavy (non-hydrogen) atoms. The summed E-state index contributed by atoms with van der Waals surface area (Å²) in [6.45, 7) is 9.00. The average molecular weight is 449 g/mol. The van der Waals surface area contributed by atoms with E-state index in [1.54, 1.807) is 4.90 Å². The van der Waals surface area contributed by atoms with E-state index in [1.165, 1.54) is 24.3 Å². The highest BCUT2D eigenvalue weighted by Gasteiger charge is 2.34. The van der Waals surface area contributed by atoms with Crippen molar-refractivity contribution in [2.75, 3.05) is 51.1 Å². The number of benzene rings is 1. The standard InChI is InChI=1S/C23H33FN4O4/c1-23(2,3)32-22(31)28-10-4-5-17(15-28)21(30)27-13-11-26(12-14-27)16-20(29)25-19-8-6-18(24)7-9-19/h6-9,17H,4-5,10-16H2,1-3H3,(H,25,29). The molecule has 2 aliphatic rings. The molecule has 3 amide bonds. The summed E-state index contributed by atoms with van der Waals surface area (Å²) < 4.78 is 18.4. The van der Waals surface area contributed by atoms with E-state index < -0.39 is 5.60 Å². The quantitative estimate of drug-likeness (QED) is 0.766. The number of carbonyl (C=O) groups excluding carboxylic acids is 3. The van der Waals surface area contributed by atoms with Gasteiger partial charge in [0.25, 0.3) is 0 Å². The lowest BCUT2D eigenvalue weighted by Gasteiger charge is -2.39. The number of rotatable bonds is 4. The van der Waals surface area contributed by atoms with E-state index in [0.717, 1.165) is 12.8 Å². The van der Waals surface area contributed by atoms with Gasteiger partial charge in [-0.1, -0.05) is 0 Å². The number of anilines is 1. The fourth-order valence-corrected chi connectivity index (χ4v) is 3.99. The van der Waals surface area contributed by atoms with Crippen LogP contribution in [0.1, 0.15) is 33.6 Å². The van der Waals surface area contributed by atoms with E-state index >= 15 is 0 Å². The van der Waals surface area contributed by atoms with Crippen LogP contribution in [-0.4, -0.2) is 84.0 Å². The maximum absolute atomic E-state index is 13.0. The number of piperazine rings is 1. The van der Waals surface area contributed by atoms with Gasteiger partial charge in [0.15, 0.2) is 0 Å². The Morgan fingerprint density at radius 2 is 1.69 bits per heavy atom. The lowest BCUT2D eigenvalue weighted by atomic mass is 9.96. The fourth-order valence-electron chi connectivity index (χ4n) is 3.99. The van der Waals surface area contributed by atoms with Gasteiger partial charge in [0.05, 0.1) is 12.5 Å². The highest BCUT2D eigenvalue weighted by molar-refractivity contribution is 5.92. The van der Waals surface area contributed by atoms with Crippen LogP contribution in [0.4, 0.5) is 14.9 Å². The molecular formula is C23H33FN4O4. The molecule has 1 N–H and O–H groups in total. The van der Waals surface area contributed by atoms with Crippen molar-refractivity contribution in [2.24, 2.45) is 5.92 Å². The Bertz CT molecular complexity index is 816. The summed E-state index contributed by atoms with van der Waals surface area (Å²) in [5.41, 5.74) is -0.00932. The first-order valence-corrected chi connectivity index (χ1v) is 11.2. The zero-order valence-corrected chi connectivity index (χ0v) is 19.1. The number of likely N-dealkylation sites (tertiary alicyclic amines) is 1. The van der Waals surface area contributed by atoms with Crippen LogP contribution < -0.4 is 5.32 Å². The minimum atomic E-state index is -0.562. The van der Waals surface area contributed by atoms with Crippen molar-refractivity contribution in [2.45, 2.75) is 39.2 Å². The first-order chi connectivity index (χ1) is 15.1. The average Bonchev–Trinajstić information content (AvgIpc) is 2.74. The van der Waals surface area contributed by atoms with Crippen LogP contribution in [0.2, 0.25) is 0 Å². The maximum atomic E-state index is 13.0. The lowest BCUT2D eigenvalue weighted by Crippen LogP contribution is -2.54. The molecular weight excluding hydrogens is 415 g/mol. The van der Waals surface area contributed by atoms with Crippen LogP contribution in [0.25, 0.3) is 0 Å². The minimum Gasteiger partial charge on any atom is -0.444 e. The van der Waals surface area contributed by atoms with Crippen LogP contribution in [-0.2, 0) is 14.3 Å². The van der Waals surface area contributed by atoms with E-state index in [1.807, 2.05) is 30.6 Å². The molecule has 1 unspecified atom stereocenters. The number of nitrogens with one attached hydrogen (secondary N) is 1. The monoisotopic (exact) mass is 448 g/mol. The predicted octanol–water partition coefficient (Wildman–Crippen LogP) is 2.56. The summed E-state index contributed by atoms with van der Waals surface area (Å²) in [4.78, 5) is 43.1. The van der Waals surface area contributed by atoms with Gasteiger partial charge in [-0.25, -0.2) is 9.18 Å². The number of hydrogen-bond donors (Lipinski definition) is 1. The number of hydrogen-bond acceptors (Lipinski definition) is 5. The first-order valence-electron chi connectivity index (χ1n) is 11.2. The second-order valence-electron chi connectivity index (χ2n) is 9.42. The Balaban J connectivity index is 1.44. The molecule has 0 bridgehead atoms. The van der Waals surface area contributed by atoms with E-state index in [4.69, 9.17) is 4.74 Å². The molecule has 0 spiro atoms. The molecule has 2 saturated heterocycles. The van der Waals surface area contributed by atoms with Gasteiger partial charge in [-0.2, -0.15) is 0 Å². The number of amides is 3. The van der Waals surface area contributed by atoms with Crippen molar-refractivity contribution in [3.8, 4) is 0 Å². The molecule has 2 fully saturated rings. The summed E-state index contributed by atoms with van der Waals surface area (Å²) >= 11 is 0. The Morgan fingerprint density at radius 1 is 1.03 bits per heavy atom. The van der Waals surface area contributed by atoms with Gasteiger partial charge < -0.3 is 19.9 Å². The number of ether oxygens (including phenoxy) is 1. The molecule has 2 heterocycles. The van der Waals surface area contributed by atoms with E-state index in [0.29, 0.717) is 45.0 Å². The van der Waals surface area contributed by atoms with Gasteiger partial charge >= 0.3 is 6.09 Å². The zero-order chi connectivity index (χ0) is 23.3. The highest BCUT2D eigenvalue weighted by atomic mass is 19.1. The Hall–Kier alpha value is -2.68. The van der Waals surface area contributed by atoms with Gasteiger partial charge in [-0.05, 0) is 57.9 Å². The van der Waals surface area contributed by atoms with Crippen LogP contribution in [0.5, 0.6) is 0 Å². The lowest BCUT2D eigenvalue weighted by molar-refractivity contribution is -0.139. The molecule has 0 saturated carbocycles. The van der Waals surface area contributed by atoms with Crippen molar-refractivity contribution >= 4 is 23.6 Å². The largest absolute Gasteiger partial charge is 0.444 e. The third kappa shape index (κ3) is 6.91. The second kappa shape index (κ2) is 10.3. The Labute approximate surface area is 188 Å². The molecule has 0 radical (unpaired) electrons. The molecule has 3 rings (SSSR count). The molecule has 1 aromatic carbocycles. The molecule has 176 valence electrons. The third-order valence-corrected chi connectivity index (χ3v) is 5.60. The van der Waals surface area contributed by atoms with Crippen LogP contribution in [0.3, 0.4) is 0 Å². The molecule has 0 aromatic heterocycles. The molecule has 0 aliphatic carbocycles. The van der Waals surface area contributed by atoms with E-state index in [-0.39, 0.29) is 36.2 Å². The SMILES string of the molecule is CC(C)(C)OC(=O)N1CCCC(C(=O)N2CCN(CC(=O)Nc3ccc(F)cc3)CC2)C1. The van der Waals surface area contributed by atoms with Crippen molar-refractivity contribution in [1.29, 1.82) is 0 Å². The first kappa shape index (κ1) is 24.0. The summed E-state index contributed by atoms with van der Waals surface area (Å²) in [7, 11) is 0. The highest BCUT2D eigenvalue weighted by Crippen LogP contribution is 2.22. The van der Waals surface area contributed by atoms with Gasteiger partial charge in [0.1, 0.15) is 11.4 Å². The van der Waals surface area contributed by atoms with Crippen molar-refractivity contribution < 1.29 is 23.5 Å². The van der Waals surface area contributed by atoms with Crippen LogP contribution in [0, 0.1) is 11.7 Å². The maximum Gasteiger partial charge on any atom is 0.410 e. The number of halogens is 1. The van der Waals surface area contributed by atoms with Crippen molar-refractivity contribution in [3.05, 3.63) is 30.1 Å². The Kier molecular flexibility index (Phi) is 7.71. The van der Waals surface area contributed by atoms with Gasteiger partial charge in [-0.3, -0.25) is 14.5 Å². The third-order valence-electron chi connectivity index (χ3n) is 5.60. The summed E-state index contributed by atoms with van der Waals surface area (Å²) in [6, 6.07) is 5.65. The van der Waals surface area contributed by atoms with Crippen molar-refractivity contribution in [3.63, 3.8) is 0 Å². The molecule has 2 aliphatic heterocycles. The molecule has 1 atom stereocenters. The topological polar surface area (TPSA) is 82.2 Å². The Morgan fingerprint density at radius 3 is 2.31 bits per heavy atom. The molecule has 1 aromatic rings. The fraction of sp³-hybridized carbons (Fsp3) is 0.609. The summed E-state index contributed by atoms with van der Waals surface area (Å²) in [6.07, 6.45) is 1.17. The molecule has 8 nitrogen and oxygen atoms in total. The minimum absolute atomic E-state index is 0.0636. The number of nitrogens with zero attached hydrogens (tertiary/aromatic N) is 3. The summed E-state index contributed by atoms with van der Waals surface area (Å²) in [5.74, 6) is -0.675. The van der Waals surface area contributed by atoms with Gasteiger partial charge in [-0.15, -0.1) is 0 Å². The zero-order valence-electron chi connectivity index (χ0n) is 19.1.